The first-order chi connectivity index (χ1) is 11.8. The molecule has 4 nitrogen and oxygen atoms in total. The quantitative estimate of drug-likeness (QED) is 0.860. The third-order valence-corrected chi connectivity index (χ3v) is 6.41. The zero-order chi connectivity index (χ0) is 18.2. The summed E-state index contributed by atoms with van der Waals surface area (Å²) in [6.07, 6.45) is 6.90. The lowest BCUT2D eigenvalue weighted by molar-refractivity contribution is 0.0355. The normalized spacial score (nSPS) is 21.1. The summed E-state index contributed by atoms with van der Waals surface area (Å²) in [6.45, 7) is 1.40. The smallest absolute Gasteiger partial charge is 0.254 e. The number of carbonyl (C=O) groups excluding carboxylic acids is 1. The number of hydrogen-bond acceptors (Lipinski definition) is 3. The Bertz CT molecular complexity index is 624. The van der Waals surface area contributed by atoms with Gasteiger partial charge in [0.25, 0.3) is 5.91 Å². The van der Waals surface area contributed by atoms with Gasteiger partial charge in [0.15, 0.2) is 11.6 Å². The molecule has 0 radical (unpaired) electrons. The first kappa shape index (κ1) is 18.5. The van der Waals surface area contributed by atoms with E-state index in [0.29, 0.717) is 24.5 Å². The summed E-state index contributed by atoms with van der Waals surface area (Å²) < 4.78 is 13.6. The van der Waals surface area contributed by atoms with Crippen molar-refractivity contribution in [2.24, 2.45) is 5.41 Å². The van der Waals surface area contributed by atoms with Crippen LogP contribution in [0.15, 0.2) is 12.1 Å². The molecule has 1 heterocycles. The SMILES string of the molecule is CN(C)C1CCC2(CC1)CCN(C(=O)c1cc(F)c(O)c(Cl)c1)CC2. The van der Waals surface area contributed by atoms with Crippen LogP contribution in [0.25, 0.3) is 0 Å². The molecule has 25 heavy (non-hydrogen) atoms. The molecular weight excluding hydrogens is 343 g/mol. The zero-order valence-corrected chi connectivity index (χ0v) is 15.7. The molecule has 1 amide bonds. The Morgan fingerprint density at radius 1 is 1.24 bits per heavy atom. The molecule has 0 unspecified atom stereocenters. The van der Waals surface area contributed by atoms with Gasteiger partial charge >= 0.3 is 0 Å². The molecule has 1 saturated carbocycles. The predicted octanol–water partition coefficient (Wildman–Crippen LogP) is 3.91. The lowest BCUT2D eigenvalue weighted by Crippen LogP contribution is -2.46. The second kappa shape index (κ2) is 7.12. The van der Waals surface area contributed by atoms with Crippen LogP contribution >= 0.6 is 11.6 Å². The van der Waals surface area contributed by atoms with E-state index >= 15 is 0 Å². The maximum atomic E-state index is 13.6. The molecule has 1 aromatic rings. The van der Waals surface area contributed by atoms with E-state index in [1.165, 1.54) is 31.7 Å². The standard InChI is InChI=1S/C19H26ClFN2O2/c1-22(2)14-3-5-19(6-4-14)7-9-23(10-8-19)18(25)13-11-15(20)17(24)16(21)12-13/h11-12,14,24H,3-10H2,1-2H3. The van der Waals surface area contributed by atoms with Gasteiger partial charge in [-0.1, -0.05) is 11.6 Å². The van der Waals surface area contributed by atoms with Crippen LogP contribution in [0.5, 0.6) is 5.75 Å². The van der Waals surface area contributed by atoms with Crippen LogP contribution in [0, 0.1) is 11.2 Å². The van der Waals surface area contributed by atoms with Crippen molar-refractivity contribution in [2.45, 2.75) is 44.6 Å². The number of benzene rings is 1. The first-order valence-electron chi connectivity index (χ1n) is 8.95. The maximum Gasteiger partial charge on any atom is 0.254 e. The molecule has 3 rings (SSSR count). The van der Waals surface area contributed by atoms with Crippen molar-refractivity contribution in [2.75, 3.05) is 27.2 Å². The van der Waals surface area contributed by atoms with Crippen LogP contribution in [0.4, 0.5) is 4.39 Å². The summed E-state index contributed by atoms with van der Waals surface area (Å²) >= 11 is 5.79. The molecule has 6 heteroatoms. The molecular formula is C19H26ClFN2O2. The number of amides is 1. The van der Waals surface area contributed by atoms with Gasteiger partial charge in [-0.25, -0.2) is 4.39 Å². The number of carbonyl (C=O) groups is 1. The van der Waals surface area contributed by atoms with Crippen LogP contribution < -0.4 is 0 Å². The summed E-state index contributed by atoms with van der Waals surface area (Å²) in [7, 11) is 4.29. The van der Waals surface area contributed by atoms with Crippen LogP contribution in [0.2, 0.25) is 5.02 Å². The van der Waals surface area contributed by atoms with Crippen molar-refractivity contribution < 1.29 is 14.3 Å². The van der Waals surface area contributed by atoms with Gasteiger partial charge in [0, 0.05) is 24.7 Å². The summed E-state index contributed by atoms with van der Waals surface area (Å²) in [4.78, 5) is 16.7. The summed E-state index contributed by atoms with van der Waals surface area (Å²) in [5.41, 5.74) is 0.564. The highest BCUT2D eigenvalue weighted by Gasteiger charge is 2.39. The predicted molar refractivity (Wildman–Crippen MR) is 96.6 cm³/mol. The van der Waals surface area contributed by atoms with Crippen molar-refractivity contribution in [1.29, 1.82) is 0 Å². The number of aromatic hydroxyl groups is 1. The van der Waals surface area contributed by atoms with E-state index in [0.717, 1.165) is 18.9 Å². The summed E-state index contributed by atoms with van der Waals surface area (Å²) in [5, 5.41) is 9.29. The van der Waals surface area contributed by atoms with Gasteiger partial charge in [-0.15, -0.1) is 0 Å². The highest BCUT2D eigenvalue weighted by Crippen LogP contribution is 2.45. The van der Waals surface area contributed by atoms with Gasteiger partial charge in [0.2, 0.25) is 0 Å². The molecule has 1 aliphatic carbocycles. The lowest BCUT2D eigenvalue weighted by atomic mass is 9.67. The average Bonchev–Trinajstić information content (AvgIpc) is 2.60. The van der Waals surface area contributed by atoms with E-state index in [-0.39, 0.29) is 16.5 Å². The number of piperidine rings is 1. The van der Waals surface area contributed by atoms with Gasteiger partial charge in [-0.2, -0.15) is 0 Å². The van der Waals surface area contributed by atoms with Gasteiger partial charge in [-0.05, 0) is 70.2 Å². The molecule has 1 spiro atoms. The number of halogens is 2. The van der Waals surface area contributed by atoms with E-state index in [9.17, 15) is 14.3 Å². The van der Waals surface area contributed by atoms with Gasteiger partial charge in [0.05, 0.1) is 5.02 Å². The van der Waals surface area contributed by atoms with Crippen LogP contribution in [-0.2, 0) is 0 Å². The highest BCUT2D eigenvalue weighted by atomic mass is 35.5. The Balaban J connectivity index is 1.62. The first-order valence-corrected chi connectivity index (χ1v) is 9.33. The van der Waals surface area contributed by atoms with Crippen molar-refractivity contribution >= 4 is 17.5 Å². The topological polar surface area (TPSA) is 43.8 Å². The number of likely N-dealkylation sites (tertiary alicyclic amines) is 1. The second-order valence-electron chi connectivity index (χ2n) is 7.78. The number of hydrogen-bond donors (Lipinski definition) is 1. The van der Waals surface area contributed by atoms with Crippen LogP contribution in [-0.4, -0.2) is 54.0 Å². The Labute approximate surface area is 153 Å². The largest absolute Gasteiger partial charge is 0.504 e. The number of phenolic OH excluding ortho intramolecular Hbond substituents is 1. The van der Waals surface area contributed by atoms with E-state index in [2.05, 4.69) is 19.0 Å². The zero-order valence-electron chi connectivity index (χ0n) is 14.9. The molecule has 0 bridgehead atoms. The van der Waals surface area contributed by atoms with E-state index in [1.807, 2.05) is 0 Å². The molecule has 1 aromatic carbocycles. The Hall–Kier alpha value is -1.33. The van der Waals surface area contributed by atoms with Crippen molar-refractivity contribution in [3.05, 3.63) is 28.5 Å². The molecule has 0 atom stereocenters. The fraction of sp³-hybridized carbons (Fsp3) is 0.632. The number of phenols is 1. The van der Waals surface area contributed by atoms with Crippen LogP contribution in [0.1, 0.15) is 48.9 Å². The minimum absolute atomic E-state index is 0.126. The van der Waals surface area contributed by atoms with Gasteiger partial charge < -0.3 is 14.9 Å². The number of nitrogens with zero attached hydrogens (tertiary/aromatic N) is 2. The fourth-order valence-electron chi connectivity index (χ4n) is 4.29. The molecule has 1 saturated heterocycles. The van der Waals surface area contributed by atoms with E-state index in [1.54, 1.807) is 4.90 Å². The summed E-state index contributed by atoms with van der Waals surface area (Å²) in [5.74, 6) is -1.67. The monoisotopic (exact) mass is 368 g/mol. The third-order valence-electron chi connectivity index (χ3n) is 6.12. The maximum absolute atomic E-state index is 13.6. The van der Waals surface area contributed by atoms with Gasteiger partial charge in [0.1, 0.15) is 0 Å². The second-order valence-corrected chi connectivity index (χ2v) is 8.18. The summed E-state index contributed by atoms with van der Waals surface area (Å²) in [6, 6.07) is 3.08. The van der Waals surface area contributed by atoms with Crippen LogP contribution in [0.3, 0.4) is 0 Å². The third kappa shape index (κ3) is 3.77. The fourth-order valence-corrected chi connectivity index (χ4v) is 4.49. The Kier molecular flexibility index (Phi) is 5.26. The number of rotatable bonds is 2. The van der Waals surface area contributed by atoms with E-state index < -0.39 is 11.6 Å². The Morgan fingerprint density at radius 2 is 1.84 bits per heavy atom. The van der Waals surface area contributed by atoms with Gasteiger partial charge in [-0.3, -0.25) is 4.79 Å². The molecule has 138 valence electrons. The van der Waals surface area contributed by atoms with E-state index in [4.69, 9.17) is 11.6 Å². The van der Waals surface area contributed by atoms with Crippen molar-refractivity contribution in [1.82, 2.24) is 9.80 Å². The molecule has 1 N–H and O–H groups in total. The van der Waals surface area contributed by atoms with Crippen molar-refractivity contribution in [3.8, 4) is 5.75 Å². The lowest BCUT2D eigenvalue weighted by Gasteiger charge is -2.47. The Morgan fingerprint density at radius 3 is 2.36 bits per heavy atom. The molecule has 0 aromatic heterocycles. The molecule has 2 aliphatic rings. The minimum Gasteiger partial charge on any atom is -0.504 e. The molecule has 2 fully saturated rings. The highest BCUT2D eigenvalue weighted by molar-refractivity contribution is 6.32. The molecule has 1 aliphatic heterocycles. The van der Waals surface area contributed by atoms with Crippen molar-refractivity contribution in [3.63, 3.8) is 0 Å². The average molecular weight is 369 g/mol. The minimum atomic E-state index is -0.855.